The van der Waals surface area contributed by atoms with E-state index >= 15 is 0 Å². The normalized spacial score (nSPS) is 19.6. The summed E-state index contributed by atoms with van der Waals surface area (Å²) in [6.07, 6.45) is 5.77. The smallest absolute Gasteiger partial charge is 0.0469 e. The standard InChI is InChI=1S/C12H19N3O/c1-14-12(9-3-6-16-7-4-9)10-8-15-5-2-11(10)13/h2,5,8-9,12,14H,3-4,6-7H2,1H3,(H2,13,15). The Balaban J connectivity index is 2.18. The maximum absolute atomic E-state index is 5.99. The fourth-order valence-electron chi connectivity index (χ4n) is 2.37. The lowest BCUT2D eigenvalue weighted by atomic mass is 9.87. The molecule has 1 aliphatic rings. The summed E-state index contributed by atoms with van der Waals surface area (Å²) in [5.41, 5.74) is 7.92. The van der Waals surface area contributed by atoms with Crippen molar-refractivity contribution in [1.29, 1.82) is 0 Å². The van der Waals surface area contributed by atoms with E-state index in [1.54, 1.807) is 6.20 Å². The molecule has 1 atom stereocenters. The predicted molar refractivity (Wildman–Crippen MR) is 64.0 cm³/mol. The van der Waals surface area contributed by atoms with E-state index in [1.165, 1.54) is 0 Å². The summed E-state index contributed by atoms with van der Waals surface area (Å²) in [4.78, 5) is 4.16. The summed E-state index contributed by atoms with van der Waals surface area (Å²) in [6, 6.07) is 2.15. The van der Waals surface area contributed by atoms with Gasteiger partial charge in [0.1, 0.15) is 0 Å². The van der Waals surface area contributed by atoms with Gasteiger partial charge in [0.05, 0.1) is 0 Å². The quantitative estimate of drug-likeness (QED) is 0.809. The van der Waals surface area contributed by atoms with Crippen molar-refractivity contribution in [2.75, 3.05) is 26.0 Å². The third kappa shape index (κ3) is 2.33. The van der Waals surface area contributed by atoms with Gasteiger partial charge in [0, 0.05) is 42.9 Å². The van der Waals surface area contributed by atoms with Gasteiger partial charge in [0.25, 0.3) is 0 Å². The number of nitrogens with zero attached hydrogens (tertiary/aromatic N) is 1. The first-order chi connectivity index (χ1) is 7.83. The van der Waals surface area contributed by atoms with E-state index in [2.05, 4.69) is 10.3 Å². The van der Waals surface area contributed by atoms with Gasteiger partial charge >= 0.3 is 0 Å². The molecular weight excluding hydrogens is 202 g/mol. The van der Waals surface area contributed by atoms with Crippen LogP contribution < -0.4 is 11.1 Å². The van der Waals surface area contributed by atoms with Gasteiger partial charge in [-0.1, -0.05) is 0 Å². The van der Waals surface area contributed by atoms with Crippen LogP contribution in [0.25, 0.3) is 0 Å². The number of nitrogen functional groups attached to an aromatic ring is 1. The van der Waals surface area contributed by atoms with Crippen molar-refractivity contribution >= 4 is 5.69 Å². The van der Waals surface area contributed by atoms with Crippen LogP contribution in [0, 0.1) is 5.92 Å². The molecule has 1 aromatic heterocycles. The lowest BCUT2D eigenvalue weighted by Gasteiger charge is -2.30. The molecule has 2 rings (SSSR count). The minimum atomic E-state index is 0.289. The Kier molecular flexibility index (Phi) is 3.74. The third-order valence-electron chi connectivity index (χ3n) is 3.27. The molecule has 1 unspecified atom stereocenters. The number of anilines is 1. The van der Waals surface area contributed by atoms with E-state index in [0.29, 0.717) is 5.92 Å². The van der Waals surface area contributed by atoms with Gasteiger partial charge in [-0.25, -0.2) is 0 Å². The number of pyridine rings is 1. The van der Waals surface area contributed by atoms with Gasteiger partial charge < -0.3 is 15.8 Å². The minimum absolute atomic E-state index is 0.289. The van der Waals surface area contributed by atoms with Crippen LogP contribution in [-0.4, -0.2) is 25.2 Å². The van der Waals surface area contributed by atoms with E-state index < -0.39 is 0 Å². The van der Waals surface area contributed by atoms with Crippen molar-refractivity contribution in [2.45, 2.75) is 18.9 Å². The molecule has 4 heteroatoms. The first-order valence-electron chi connectivity index (χ1n) is 5.77. The van der Waals surface area contributed by atoms with Crippen molar-refractivity contribution in [3.8, 4) is 0 Å². The molecule has 0 radical (unpaired) electrons. The molecule has 1 saturated heterocycles. The molecule has 0 saturated carbocycles. The van der Waals surface area contributed by atoms with E-state index in [9.17, 15) is 0 Å². The Bertz CT molecular complexity index is 337. The van der Waals surface area contributed by atoms with Crippen LogP contribution in [-0.2, 0) is 4.74 Å². The average Bonchev–Trinajstić information content (AvgIpc) is 2.34. The molecule has 1 fully saturated rings. The van der Waals surface area contributed by atoms with Crippen LogP contribution in [0.15, 0.2) is 18.5 Å². The maximum atomic E-state index is 5.99. The zero-order valence-electron chi connectivity index (χ0n) is 9.65. The zero-order chi connectivity index (χ0) is 11.4. The molecule has 1 aromatic rings. The molecule has 4 nitrogen and oxygen atoms in total. The van der Waals surface area contributed by atoms with Crippen molar-refractivity contribution in [1.82, 2.24) is 10.3 Å². The highest BCUT2D eigenvalue weighted by atomic mass is 16.5. The number of hydrogen-bond acceptors (Lipinski definition) is 4. The average molecular weight is 221 g/mol. The molecule has 1 aliphatic heterocycles. The van der Waals surface area contributed by atoms with Crippen LogP contribution in [0.4, 0.5) is 5.69 Å². The highest BCUT2D eigenvalue weighted by Gasteiger charge is 2.25. The number of ether oxygens (including phenoxy) is 1. The summed E-state index contributed by atoms with van der Waals surface area (Å²) < 4.78 is 5.39. The summed E-state index contributed by atoms with van der Waals surface area (Å²) >= 11 is 0. The number of nitrogens with two attached hydrogens (primary N) is 1. The summed E-state index contributed by atoms with van der Waals surface area (Å²) in [6.45, 7) is 1.70. The molecule has 0 aliphatic carbocycles. The summed E-state index contributed by atoms with van der Waals surface area (Å²) in [5, 5.41) is 3.35. The van der Waals surface area contributed by atoms with Crippen LogP contribution in [0.2, 0.25) is 0 Å². The van der Waals surface area contributed by atoms with E-state index in [1.807, 2.05) is 19.3 Å². The highest BCUT2D eigenvalue weighted by Crippen LogP contribution is 2.31. The second-order valence-corrected chi connectivity index (χ2v) is 4.22. The molecule has 3 N–H and O–H groups in total. The molecule has 0 spiro atoms. The zero-order valence-corrected chi connectivity index (χ0v) is 9.65. The van der Waals surface area contributed by atoms with Crippen molar-refractivity contribution in [2.24, 2.45) is 5.92 Å². The SMILES string of the molecule is CNC(c1cnccc1N)C1CCOCC1. The van der Waals surface area contributed by atoms with Gasteiger partial charge in [0.15, 0.2) is 0 Å². The fraction of sp³-hybridized carbons (Fsp3) is 0.583. The molecule has 0 amide bonds. The van der Waals surface area contributed by atoms with Crippen LogP contribution >= 0.6 is 0 Å². The Hall–Kier alpha value is -1.13. The van der Waals surface area contributed by atoms with Crippen LogP contribution in [0.5, 0.6) is 0 Å². The van der Waals surface area contributed by atoms with Crippen molar-refractivity contribution < 1.29 is 4.74 Å². The lowest BCUT2D eigenvalue weighted by Crippen LogP contribution is -2.30. The fourth-order valence-corrected chi connectivity index (χ4v) is 2.37. The largest absolute Gasteiger partial charge is 0.398 e. The molecule has 0 aromatic carbocycles. The number of rotatable bonds is 3. The van der Waals surface area contributed by atoms with Crippen LogP contribution in [0.3, 0.4) is 0 Å². The second kappa shape index (κ2) is 5.27. The van der Waals surface area contributed by atoms with Gasteiger partial charge in [-0.3, -0.25) is 4.98 Å². The first kappa shape index (κ1) is 11.4. The lowest BCUT2D eigenvalue weighted by molar-refractivity contribution is 0.0546. The van der Waals surface area contributed by atoms with Gasteiger partial charge in [-0.15, -0.1) is 0 Å². The maximum Gasteiger partial charge on any atom is 0.0469 e. The van der Waals surface area contributed by atoms with E-state index in [-0.39, 0.29) is 6.04 Å². The predicted octanol–water partition coefficient (Wildman–Crippen LogP) is 1.35. The molecule has 2 heterocycles. The molecular formula is C12H19N3O. The van der Waals surface area contributed by atoms with Gasteiger partial charge in [-0.2, -0.15) is 0 Å². The highest BCUT2D eigenvalue weighted by molar-refractivity contribution is 5.46. The van der Waals surface area contributed by atoms with Gasteiger partial charge in [-0.05, 0) is 31.9 Å². The first-order valence-corrected chi connectivity index (χ1v) is 5.77. The topological polar surface area (TPSA) is 60.2 Å². The second-order valence-electron chi connectivity index (χ2n) is 4.22. The number of nitrogens with one attached hydrogen (secondary N) is 1. The van der Waals surface area contributed by atoms with Gasteiger partial charge in [0.2, 0.25) is 0 Å². The Labute approximate surface area is 96.2 Å². The summed E-state index contributed by atoms with van der Waals surface area (Å²) in [7, 11) is 1.98. The van der Waals surface area contributed by atoms with E-state index in [0.717, 1.165) is 37.3 Å². The minimum Gasteiger partial charge on any atom is -0.398 e. The third-order valence-corrected chi connectivity index (χ3v) is 3.27. The Morgan fingerprint density at radius 2 is 2.25 bits per heavy atom. The van der Waals surface area contributed by atoms with E-state index in [4.69, 9.17) is 10.5 Å². The molecule has 0 bridgehead atoms. The van der Waals surface area contributed by atoms with Crippen LogP contribution in [0.1, 0.15) is 24.4 Å². The molecule has 16 heavy (non-hydrogen) atoms. The van der Waals surface area contributed by atoms with Crippen molar-refractivity contribution in [3.63, 3.8) is 0 Å². The number of hydrogen-bond donors (Lipinski definition) is 2. The van der Waals surface area contributed by atoms with Crippen molar-refractivity contribution in [3.05, 3.63) is 24.0 Å². The summed E-state index contributed by atoms with van der Waals surface area (Å²) in [5.74, 6) is 0.588. The number of aromatic nitrogens is 1. The Morgan fingerprint density at radius 1 is 1.50 bits per heavy atom. The molecule has 88 valence electrons. The Morgan fingerprint density at radius 3 is 2.88 bits per heavy atom. The monoisotopic (exact) mass is 221 g/mol.